The number of piperidine rings is 1. The number of nitrogen functional groups attached to an aromatic ring is 1. The molecule has 136 valence electrons. The van der Waals surface area contributed by atoms with Crippen LogP contribution in [-0.2, 0) is 4.79 Å². The number of amides is 1. The molecule has 5 nitrogen and oxygen atoms in total. The molecule has 2 unspecified atom stereocenters. The number of nitrogens with one attached hydrogen (secondary N) is 1. The number of benzene rings is 1. The van der Waals surface area contributed by atoms with Crippen molar-refractivity contribution < 1.29 is 4.79 Å². The quantitative estimate of drug-likeness (QED) is 0.642. The van der Waals surface area contributed by atoms with Crippen molar-refractivity contribution in [3.8, 4) is 10.6 Å². The molecule has 1 aromatic heterocycles. The number of carbonyl (C=O) groups is 1. The maximum Gasteiger partial charge on any atom is 0.251 e. The second kappa shape index (κ2) is 6.85. The molecular weight excluding hydrogens is 344 g/mol. The molecule has 2 aliphatic rings. The van der Waals surface area contributed by atoms with E-state index in [-0.39, 0.29) is 11.9 Å². The first-order valence-corrected chi connectivity index (χ1v) is 9.92. The molecule has 2 aliphatic heterocycles. The van der Waals surface area contributed by atoms with Crippen molar-refractivity contribution >= 4 is 28.5 Å². The van der Waals surface area contributed by atoms with Crippen LogP contribution >= 0.6 is 11.3 Å². The van der Waals surface area contributed by atoms with E-state index in [9.17, 15) is 4.79 Å². The normalized spacial score (nSPS) is 25.2. The zero-order valence-corrected chi connectivity index (χ0v) is 15.8. The molecule has 1 amide bonds. The van der Waals surface area contributed by atoms with Gasteiger partial charge in [-0.15, -0.1) is 11.3 Å². The predicted molar refractivity (Wildman–Crippen MR) is 107 cm³/mol. The summed E-state index contributed by atoms with van der Waals surface area (Å²) in [5.74, 6) is -0.118. The number of nitrogens with two attached hydrogens (primary N) is 1. The highest BCUT2D eigenvalue weighted by Gasteiger charge is 2.38. The van der Waals surface area contributed by atoms with Crippen LogP contribution in [0.15, 0.2) is 36.4 Å². The maximum atomic E-state index is 12.7. The van der Waals surface area contributed by atoms with Crippen molar-refractivity contribution in [3.63, 3.8) is 0 Å². The van der Waals surface area contributed by atoms with E-state index in [2.05, 4.69) is 28.8 Å². The van der Waals surface area contributed by atoms with Crippen LogP contribution in [0, 0.1) is 0 Å². The van der Waals surface area contributed by atoms with Gasteiger partial charge in [0.25, 0.3) is 5.91 Å². The van der Waals surface area contributed by atoms with Crippen LogP contribution in [0.25, 0.3) is 16.1 Å². The molecule has 3 N–H and O–H groups in total. The molecule has 26 heavy (non-hydrogen) atoms. The van der Waals surface area contributed by atoms with Gasteiger partial charge in [-0.05, 0) is 38.8 Å². The van der Waals surface area contributed by atoms with E-state index in [0.717, 1.165) is 23.4 Å². The van der Waals surface area contributed by atoms with Crippen molar-refractivity contribution in [3.05, 3.63) is 41.9 Å². The molecule has 0 aliphatic carbocycles. The number of thiazole rings is 1. The molecule has 4 rings (SSSR count). The number of anilines is 1. The van der Waals surface area contributed by atoms with Gasteiger partial charge >= 0.3 is 0 Å². The van der Waals surface area contributed by atoms with Crippen molar-refractivity contribution in [1.82, 2.24) is 15.2 Å². The Bertz CT molecular complexity index is 818. The van der Waals surface area contributed by atoms with Crippen molar-refractivity contribution in [1.29, 1.82) is 0 Å². The number of fused-ring (bicyclic) bond motifs is 2. The lowest BCUT2D eigenvalue weighted by Gasteiger charge is -2.36. The van der Waals surface area contributed by atoms with Crippen molar-refractivity contribution in [2.45, 2.75) is 43.8 Å². The summed E-state index contributed by atoms with van der Waals surface area (Å²) in [6.45, 7) is 4.00. The van der Waals surface area contributed by atoms with Gasteiger partial charge in [0.05, 0.1) is 0 Å². The minimum Gasteiger partial charge on any atom is -0.398 e. The molecule has 0 saturated carbocycles. The van der Waals surface area contributed by atoms with Crippen LogP contribution < -0.4 is 11.1 Å². The molecule has 2 atom stereocenters. The highest BCUT2D eigenvalue weighted by atomic mass is 32.1. The average molecular weight is 369 g/mol. The van der Waals surface area contributed by atoms with Crippen LogP contribution in [0.5, 0.6) is 0 Å². The van der Waals surface area contributed by atoms with Crippen LogP contribution in [-0.4, -0.2) is 41.0 Å². The molecule has 2 saturated heterocycles. The summed E-state index contributed by atoms with van der Waals surface area (Å²) < 4.78 is 0. The smallest absolute Gasteiger partial charge is 0.251 e. The Labute approximate surface area is 157 Å². The summed E-state index contributed by atoms with van der Waals surface area (Å²) in [6.07, 6.45) is 6.28. The van der Waals surface area contributed by atoms with E-state index < -0.39 is 0 Å². The summed E-state index contributed by atoms with van der Waals surface area (Å²) in [6, 6.07) is 7.08. The summed E-state index contributed by atoms with van der Waals surface area (Å²) >= 11 is 1.56. The van der Waals surface area contributed by atoms with Gasteiger partial charge < -0.3 is 16.0 Å². The van der Waals surface area contributed by atoms with Gasteiger partial charge in [-0.3, -0.25) is 4.79 Å². The maximum absolute atomic E-state index is 12.7. The second-order valence-electron chi connectivity index (χ2n) is 7.31. The molecule has 0 radical (unpaired) electrons. The number of rotatable bonds is 4. The number of aromatic nitrogens is 1. The van der Waals surface area contributed by atoms with Gasteiger partial charge in [-0.1, -0.05) is 18.7 Å². The molecule has 3 heterocycles. The SMILES string of the molecule is C=C(C(=O)NC1CC2CCC(C1)N2C)c1ccc(-c2nccs2)cc1N. The van der Waals surface area contributed by atoms with Crippen LogP contribution in [0.4, 0.5) is 5.69 Å². The fourth-order valence-corrected chi connectivity index (χ4v) is 4.90. The minimum absolute atomic E-state index is 0.118. The third-order valence-electron chi connectivity index (χ3n) is 5.76. The fourth-order valence-electron chi connectivity index (χ4n) is 4.26. The van der Waals surface area contributed by atoms with E-state index in [4.69, 9.17) is 5.73 Å². The molecule has 6 heteroatoms. The number of carbonyl (C=O) groups excluding carboxylic acids is 1. The second-order valence-corrected chi connectivity index (χ2v) is 8.20. The lowest BCUT2D eigenvalue weighted by Crippen LogP contribution is -2.48. The first-order valence-electron chi connectivity index (χ1n) is 9.04. The zero-order chi connectivity index (χ0) is 18.3. The summed E-state index contributed by atoms with van der Waals surface area (Å²) in [4.78, 5) is 19.5. The summed E-state index contributed by atoms with van der Waals surface area (Å²) in [5.41, 5.74) is 8.84. The highest BCUT2D eigenvalue weighted by molar-refractivity contribution is 7.13. The number of nitrogens with zero attached hydrogens (tertiary/aromatic N) is 2. The fraction of sp³-hybridized carbons (Fsp3) is 0.400. The Morgan fingerprint density at radius 2 is 2.08 bits per heavy atom. The van der Waals surface area contributed by atoms with E-state index in [1.165, 1.54) is 12.8 Å². The van der Waals surface area contributed by atoms with E-state index in [0.29, 0.717) is 28.9 Å². The molecule has 2 bridgehead atoms. The summed E-state index contributed by atoms with van der Waals surface area (Å²) in [5, 5.41) is 6.02. The minimum atomic E-state index is -0.118. The van der Waals surface area contributed by atoms with Gasteiger partial charge in [-0.25, -0.2) is 4.98 Å². The van der Waals surface area contributed by atoms with Crippen LogP contribution in [0.2, 0.25) is 0 Å². The monoisotopic (exact) mass is 368 g/mol. The van der Waals surface area contributed by atoms with Crippen molar-refractivity contribution in [2.24, 2.45) is 0 Å². The molecular formula is C20H24N4OS. The average Bonchev–Trinajstić information content (AvgIpc) is 3.21. The van der Waals surface area contributed by atoms with Gasteiger partial charge in [0, 0.05) is 52.1 Å². The standard InChI is InChI=1S/C20H24N4OS/c1-12(17-6-3-13(9-18(17)21)20-22-7-8-26-20)19(25)23-14-10-15-4-5-16(11-14)24(15)2/h3,6-9,14-16H,1,4-5,10-11,21H2,2H3,(H,23,25). The Morgan fingerprint density at radius 1 is 1.35 bits per heavy atom. The third kappa shape index (κ3) is 3.15. The molecule has 1 aromatic carbocycles. The van der Waals surface area contributed by atoms with E-state index >= 15 is 0 Å². The molecule has 0 spiro atoms. The Kier molecular flexibility index (Phi) is 4.54. The Morgan fingerprint density at radius 3 is 2.69 bits per heavy atom. The predicted octanol–water partition coefficient (Wildman–Crippen LogP) is 3.15. The highest BCUT2D eigenvalue weighted by Crippen LogP contribution is 2.34. The Balaban J connectivity index is 1.45. The lowest BCUT2D eigenvalue weighted by molar-refractivity contribution is -0.116. The first kappa shape index (κ1) is 17.2. The molecule has 2 fully saturated rings. The van der Waals surface area contributed by atoms with Gasteiger partial charge in [0.1, 0.15) is 5.01 Å². The van der Waals surface area contributed by atoms with Crippen molar-refractivity contribution in [2.75, 3.05) is 12.8 Å². The lowest BCUT2D eigenvalue weighted by atomic mass is 9.96. The van der Waals surface area contributed by atoms with E-state index in [1.807, 2.05) is 23.6 Å². The zero-order valence-electron chi connectivity index (χ0n) is 14.9. The third-order valence-corrected chi connectivity index (χ3v) is 6.59. The van der Waals surface area contributed by atoms with Gasteiger partial charge in [-0.2, -0.15) is 0 Å². The van der Waals surface area contributed by atoms with Crippen LogP contribution in [0.1, 0.15) is 31.2 Å². The largest absolute Gasteiger partial charge is 0.398 e. The Hall–Kier alpha value is -2.18. The first-order chi connectivity index (χ1) is 12.5. The van der Waals surface area contributed by atoms with Gasteiger partial charge in [0.15, 0.2) is 0 Å². The van der Waals surface area contributed by atoms with E-state index in [1.54, 1.807) is 17.5 Å². The molecule has 2 aromatic rings. The summed E-state index contributed by atoms with van der Waals surface area (Å²) in [7, 11) is 2.20. The van der Waals surface area contributed by atoms with Gasteiger partial charge in [0.2, 0.25) is 0 Å². The topological polar surface area (TPSA) is 71.2 Å². The van der Waals surface area contributed by atoms with Crippen LogP contribution in [0.3, 0.4) is 0 Å². The number of hydrogen-bond acceptors (Lipinski definition) is 5. The number of hydrogen-bond donors (Lipinski definition) is 2.